The Morgan fingerprint density at radius 1 is 1.12 bits per heavy atom. The number of carbonyl (C=O) groups excluding carboxylic acids is 2. The van der Waals surface area contributed by atoms with Crippen molar-refractivity contribution >= 4 is 17.9 Å². The van der Waals surface area contributed by atoms with Crippen molar-refractivity contribution in [2.75, 3.05) is 5.32 Å². The van der Waals surface area contributed by atoms with Crippen LogP contribution >= 0.6 is 0 Å². The molecule has 2 rings (SSSR count). The number of hydrogen-bond acceptors (Lipinski definition) is 3. The first kappa shape index (κ1) is 11.0. The molecule has 0 fully saturated rings. The van der Waals surface area contributed by atoms with Gasteiger partial charge < -0.3 is 5.32 Å². The van der Waals surface area contributed by atoms with Crippen LogP contribution in [0.5, 0.6) is 0 Å². The molecule has 1 radical (unpaired) electrons. The maximum Gasteiger partial charge on any atom is 0.255 e. The fourth-order valence-corrected chi connectivity index (χ4v) is 1.38. The van der Waals surface area contributed by atoms with E-state index in [2.05, 4.69) is 10.3 Å². The summed E-state index contributed by atoms with van der Waals surface area (Å²) in [5.41, 5.74) is 1.26. The lowest BCUT2D eigenvalue weighted by molar-refractivity contribution is 0.102. The number of benzene rings is 1. The van der Waals surface area contributed by atoms with Gasteiger partial charge in [0.25, 0.3) is 5.91 Å². The molecule has 83 valence electrons. The summed E-state index contributed by atoms with van der Waals surface area (Å²) in [4.78, 5) is 26.3. The SMILES string of the molecule is O=[C]c1ccccc1NC(=O)c1ccncc1. The molecule has 1 N–H and O–H groups in total. The van der Waals surface area contributed by atoms with Gasteiger partial charge in [-0.25, -0.2) is 0 Å². The first-order valence-corrected chi connectivity index (χ1v) is 5.00. The fourth-order valence-electron chi connectivity index (χ4n) is 1.38. The molecule has 0 saturated carbocycles. The number of para-hydroxylation sites is 1. The number of pyridine rings is 1. The first-order chi connectivity index (χ1) is 8.31. The van der Waals surface area contributed by atoms with Crippen molar-refractivity contribution in [3.05, 3.63) is 59.9 Å². The van der Waals surface area contributed by atoms with Crippen molar-refractivity contribution in [2.45, 2.75) is 0 Å². The lowest BCUT2D eigenvalue weighted by atomic mass is 10.2. The third-order valence-corrected chi connectivity index (χ3v) is 2.23. The Bertz CT molecular complexity index is 538. The van der Waals surface area contributed by atoms with Gasteiger partial charge in [-0.05, 0) is 24.3 Å². The zero-order valence-electron chi connectivity index (χ0n) is 8.88. The number of aromatic nitrogens is 1. The maximum atomic E-state index is 11.8. The largest absolute Gasteiger partial charge is 0.321 e. The van der Waals surface area contributed by atoms with E-state index in [4.69, 9.17) is 0 Å². The van der Waals surface area contributed by atoms with Crippen molar-refractivity contribution in [1.82, 2.24) is 4.98 Å². The number of rotatable bonds is 3. The van der Waals surface area contributed by atoms with E-state index in [0.717, 1.165) is 0 Å². The molecular formula is C13H9N2O2. The molecule has 0 bridgehead atoms. The Hall–Kier alpha value is -2.49. The van der Waals surface area contributed by atoms with Crippen LogP contribution < -0.4 is 5.32 Å². The molecular weight excluding hydrogens is 216 g/mol. The van der Waals surface area contributed by atoms with Gasteiger partial charge >= 0.3 is 0 Å². The van der Waals surface area contributed by atoms with E-state index in [0.29, 0.717) is 16.8 Å². The number of hydrogen-bond donors (Lipinski definition) is 1. The third-order valence-electron chi connectivity index (χ3n) is 2.23. The number of nitrogens with zero attached hydrogens (tertiary/aromatic N) is 1. The molecule has 0 aliphatic heterocycles. The maximum absolute atomic E-state index is 11.8. The molecule has 1 aromatic heterocycles. The molecule has 1 amide bonds. The number of carbonyl (C=O) groups is 1. The zero-order chi connectivity index (χ0) is 12.1. The van der Waals surface area contributed by atoms with Crippen LogP contribution in [0.4, 0.5) is 5.69 Å². The number of anilines is 1. The average molecular weight is 225 g/mol. The van der Waals surface area contributed by atoms with E-state index in [9.17, 15) is 9.59 Å². The van der Waals surface area contributed by atoms with Crippen LogP contribution in [0.25, 0.3) is 0 Å². The Kier molecular flexibility index (Phi) is 3.25. The standard InChI is InChI=1S/C13H9N2O2/c16-9-11-3-1-2-4-12(11)15-13(17)10-5-7-14-8-6-10/h1-8H,(H,15,17). The summed E-state index contributed by atoms with van der Waals surface area (Å²) >= 11 is 0. The van der Waals surface area contributed by atoms with E-state index < -0.39 is 0 Å². The minimum absolute atomic E-state index is 0.282. The molecule has 0 saturated heterocycles. The lowest BCUT2D eigenvalue weighted by Gasteiger charge is -2.06. The van der Waals surface area contributed by atoms with E-state index >= 15 is 0 Å². The van der Waals surface area contributed by atoms with Crippen LogP contribution in [0.15, 0.2) is 48.8 Å². The second-order valence-electron chi connectivity index (χ2n) is 3.34. The summed E-state index contributed by atoms with van der Waals surface area (Å²) in [5, 5.41) is 2.65. The molecule has 1 aromatic carbocycles. The van der Waals surface area contributed by atoms with Gasteiger partial charge in [-0.2, -0.15) is 0 Å². The monoisotopic (exact) mass is 225 g/mol. The van der Waals surface area contributed by atoms with Crippen LogP contribution in [-0.2, 0) is 4.79 Å². The number of amides is 1. The summed E-state index contributed by atoms with van der Waals surface area (Å²) in [7, 11) is 0. The normalized spacial score (nSPS) is 9.65. The molecule has 2 aromatic rings. The fraction of sp³-hybridized carbons (Fsp3) is 0. The van der Waals surface area contributed by atoms with Crippen LogP contribution in [0.3, 0.4) is 0 Å². The summed E-state index contributed by atoms with van der Waals surface area (Å²) in [6.45, 7) is 0. The predicted molar refractivity (Wildman–Crippen MR) is 63.4 cm³/mol. The number of nitrogens with one attached hydrogen (secondary N) is 1. The zero-order valence-corrected chi connectivity index (χ0v) is 8.88. The summed E-state index contributed by atoms with van der Waals surface area (Å²) < 4.78 is 0. The topological polar surface area (TPSA) is 59.1 Å². The molecule has 0 spiro atoms. The third kappa shape index (κ3) is 2.55. The molecule has 4 nitrogen and oxygen atoms in total. The minimum atomic E-state index is -0.282. The highest BCUT2D eigenvalue weighted by Gasteiger charge is 2.08. The second-order valence-corrected chi connectivity index (χ2v) is 3.34. The Balaban J connectivity index is 2.22. The van der Waals surface area contributed by atoms with Gasteiger partial charge in [0.1, 0.15) is 0 Å². The van der Waals surface area contributed by atoms with Crippen molar-refractivity contribution < 1.29 is 9.59 Å². The summed E-state index contributed by atoms with van der Waals surface area (Å²) in [6, 6.07) is 9.89. The van der Waals surface area contributed by atoms with Crippen molar-refractivity contribution in [3.63, 3.8) is 0 Å². The Morgan fingerprint density at radius 3 is 2.53 bits per heavy atom. The molecule has 0 aliphatic carbocycles. The van der Waals surface area contributed by atoms with Crippen molar-refractivity contribution in [2.24, 2.45) is 0 Å². The van der Waals surface area contributed by atoms with E-state index in [1.807, 2.05) is 0 Å². The van der Waals surface area contributed by atoms with Gasteiger partial charge in [-0.15, -0.1) is 0 Å². The van der Waals surface area contributed by atoms with Gasteiger partial charge in [-0.1, -0.05) is 12.1 Å². The second kappa shape index (κ2) is 5.03. The van der Waals surface area contributed by atoms with Crippen molar-refractivity contribution in [3.8, 4) is 0 Å². The Morgan fingerprint density at radius 2 is 1.82 bits per heavy atom. The lowest BCUT2D eigenvalue weighted by Crippen LogP contribution is -2.13. The minimum Gasteiger partial charge on any atom is -0.321 e. The van der Waals surface area contributed by atoms with E-state index in [-0.39, 0.29) is 5.91 Å². The molecule has 0 aliphatic rings. The van der Waals surface area contributed by atoms with Crippen LogP contribution in [0.2, 0.25) is 0 Å². The highest BCUT2D eigenvalue weighted by Crippen LogP contribution is 2.13. The molecule has 1 heterocycles. The summed E-state index contributed by atoms with van der Waals surface area (Å²) in [5.74, 6) is -0.282. The average Bonchev–Trinajstić information content (AvgIpc) is 2.40. The molecule has 17 heavy (non-hydrogen) atoms. The van der Waals surface area contributed by atoms with Crippen LogP contribution in [-0.4, -0.2) is 17.2 Å². The van der Waals surface area contributed by atoms with Crippen LogP contribution in [0.1, 0.15) is 15.9 Å². The predicted octanol–water partition coefficient (Wildman–Crippen LogP) is 1.79. The molecule has 0 atom stereocenters. The highest BCUT2D eigenvalue weighted by atomic mass is 16.1. The van der Waals surface area contributed by atoms with Gasteiger partial charge in [0.05, 0.1) is 5.69 Å². The van der Waals surface area contributed by atoms with Gasteiger partial charge in [0, 0.05) is 23.5 Å². The Labute approximate surface area is 98.3 Å². The van der Waals surface area contributed by atoms with E-state index in [1.165, 1.54) is 12.4 Å². The van der Waals surface area contributed by atoms with Crippen LogP contribution in [0, 0.1) is 0 Å². The quantitative estimate of drug-likeness (QED) is 0.866. The smallest absolute Gasteiger partial charge is 0.255 e. The van der Waals surface area contributed by atoms with Gasteiger partial charge in [0.2, 0.25) is 6.29 Å². The summed E-state index contributed by atoms with van der Waals surface area (Å²) in [6.07, 6.45) is 4.84. The van der Waals surface area contributed by atoms with E-state index in [1.54, 1.807) is 42.7 Å². The molecule has 0 unspecified atom stereocenters. The highest BCUT2D eigenvalue weighted by molar-refractivity contribution is 6.06. The molecule has 4 heteroatoms. The van der Waals surface area contributed by atoms with Gasteiger partial charge in [-0.3, -0.25) is 14.6 Å². The van der Waals surface area contributed by atoms with Gasteiger partial charge in [0.15, 0.2) is 0 Å². The first-order valence-electron chi connectivity index (χ1n) is 5.00. The van der Waals surface area contributed by atoms with Crippen molar-refractivity contribution in [1.29, 1.82) is 0 Å².